The Bertz CT molecular complexity index is 175. The van der Waals surface area contributed by atoms with Crippen molar-refractivity contribution < 1.29 is 4.58 Å². The topological polar surface area (TPSA) is 3.01 Å². The third-order valence-electron chi connectivity index (χ3n) is 1.32. The van der Waals surface area contributed by atoms with E-state index in [1.165, 1.54) is 0 Å². The van der Waals surface area contributed by atoms with E-state index in [2.05, 4.69) is 26.2 Å². The van der Waals surface area contributed by atoms with Crippen LogP contribution in [0.2, 0.25) is 0 Å². The van der Waals surface area contributed by atoms with Crippen LogP contribution in [0.25, 0.3) is 0 Å². The van der Waals surface area contributed by atoms with Gasteiger partial charge in [0.25, 0.3) is 0 Å². The molecule has 0 unspecified atom stereocenters. The second-order valence-corrected chi connectivity index (χ2v) is 2.11. The molecule has 0 bridgehead atoms. The Morgan fingerprint density at radius 1 is 1.36 bits per heavy atom. The quantitative estimate of drug-likeness (QED) is 0.321. The van der Waals surface area contributed by atoms with E-state index in [4.69, 9.17) is 0 Å². The van der Waals surface area contributed by atoms with Gasteiger partial charge in [-0.3, -0.25) is 0 Å². The number of allylic oxidation sites excluding steroid dienone is 3. The number of hydrogen-bond acceptors (Lipinski definition) is 0. The maximum Gasteiger partial charge on any atom is 0.168 e. The minimum atomic E-state index is 0.922. The third-order valence-corrected chi connectivity index (χ3v) is 1.32. The van der Waals surface area contributed by atoms with E-state index in [1.54, 1.807) is 6.20 Å². The lowest BCUT2D eigenvalue weighted by molar-refractivity contribution is -0.446. The predicted octanol–water partition coefficient (Wildman–Crippen LogP) is 2.37. The molecule has 1 nitrogen and oxygen atoms in total. The summed E-state index contributed by atoms with van der Waals surface area (Å²) in [5.74, 6) is 0. The van der Waals surface area contributed by atoms with Crippen LogP contribution in [0, 0.1) is 0 Å². The Balaban J connectivity index is 3.86. The van der Waals surface area contributed by atoms with Crippen LogP contribution < -0.4 is 0 Å². The largest absolute Gasteiger partial charge is 0.206 e. The normalized spacial score (nSPS) is 11.9. The van der Waals surface area contributed by atoms with Crippen molar-refractivity contribution >= 4 is 6.21 Å². The summed E-state index contributed by atoms with van der Waals surface area (Å²) in [5, 5.41) is 0. The van der Waals surface area contributed by atoms with Gasteiger partial charge in [-0.15, -0.1) is 6.58 Å². The van der Waals surface area contributed by atoms with Gasteiger partial charge in [-0.25, -0.2) is 4.58 Å². The van der Waals surface area contributed by atoms with E-state index in [0.717, 1.165) is 13.0 Å². The molecule has 0 rings (SSSR count). The monoisotopic (exact) mass is 150 g/mol. The molecule has 0 N–H and O–H groups in total. The van der Waals surface area contributed by atoms with Gasteiger partial charge in [0.1, 0.15) is 6.54 Å². The smallest absolute Gasteiger partial charge is 0.168 e. The van der Waals surface area contributed by atoms with Gasteiger partial charge < -0.3 is 0 Å². The summed E-state index contributed by atoms with van der Waals surface area (Å²) < 4.78 is 2.01. The molecule has 0 aliphatic rings. The Morgan fingerprint density at radius 2 is 2.09 bits per heavy atom. The molecule has 0 saturated heterocycles. The first-order chi connectivity index (χ1) is 5.35. The molecule has 0 radical (unpaired) electrons. The highest BCUT2D eigenvalue weighted by molar-refractivity contribution is 5.66. The zero-order chi connectivity index (χ0) is 8.53. The van der Waals surface area contributed by atoms with E-state index in [1.807, 2.05) is 22.9 Å². The summed E-state index contributed by atoms with van der Waals surface area (Å²) in [4.78, 5) is 0. The lowest BCUT2D eigenvalue weighted by Gasteiger charge is -1.86. The molecule has 0 aromatic heterocycles. The number of rotatable bonds is 5. The second kappa shape index (κ2) is 7.00. The standard InChI is InChI=1S/C10H16N/c1-4-7-8-9-10-11(5-2)6-3/h4-5,8-10H,1-2,6-7H2,3H3/q+1/b9-8-,11-10?. The highest BCUT2D eigenvalue weighted by Crippen LogP contribution is 1.81. The Hall–Kier alpha value is -1.11. The SMILES string of the molecule is C=CC/C=C\C=[N+](C=C)CC. The molecular weight excluding hydrogens is 134 g/mol. The molecule has 0 saturated carbocycles. The molecule has 0 atom stereocenters. The molecule has 0 heterocycles. The zero-order valence-electron chi connectivity index (χ0n) is 7.16. The fourth-order valence-corrected chi connectivity index (χ4v) is 0.642. The van der Waals surface area contributed by atoms with Crippen molar-refractivity contribution in [2.75, 3.05) is 6.54 Å². The van der Waals surface area contributed by atoms with Crippen LogP contribution >= 0.6 is 0 Å². The Morgan fingerprint density at radius 3 is 2.55 bits per heavy atom. The lowest BCUT2D eigenvalue weighted by Crippen LogP contribution is -2.01. The third kappa shape index (κ3) is 5.34. The molecule has 60 valence electrons. The molecule has 0 aromatic rings. The summed E-state index contributed by atoms with van der Waals surface area (Å²) in [6.07, 6.45) is 10.7. The van der Waals surface area contributed by atoms with Gasteiger partial charge in [-0.05, 0) is 26.0 Å². The molecule has 0 aliphatic heterocycles. The van der Waals surface area contributed by atoms with Crippen molar-refractivity contribution in [3.05, 3.63) is 37.6 Å². The van der Waals surface area contributed by atoms with Gasteiger partial charge in [-0.2, -0.15) is 0 Å². The van der Waals surface area contributed by atoms with E-state index >= 15 is 0 Å². The highest BCUT2D eigenvalue weighted by Gasteiger charge is 1.86. The predicted molar refractivity (Wildman–Crippen MR) is 51.0 cm³/mol. The summed E-state index contributed by atoms with van der Waals surface area (Å²) in [6.45, 7) is 10.3. The van der Waals surface area contributed by atoms with Crippen LogP contribution in [-0.4, -0.2) is 17.3 Å². The summed E-state index contributed by atoms with van der Waals surface area (Å²) in [6, 6.07) is 0. The fourth-order valence-electron chi connectivity index (χ4n) is 0.642. The van der Waals surface area contributed by atoms with Crippen molar-refractivity contribution in [3.8, 4) is 0 Å². The van der Waals surface area contributed by atoms with E-state index in [9.17, 15) is 0 Å². The van der Waals surface area contributed by atoms with Gasteiger partial charge >= 0.3 is 0 Å². The number of hydrogen-bond donors (Lipinski definition) is 0. The molecule has 0 spiro atoms. The van der Waals surface area contributed by atoms with Gasteiger partial charge in [-0.1, -0.05) is 12.2 Å². The Labute approximate surface area is 69.1 Å². The van der Waals surface area contributed by atoms with Gasteiger partial charge in [0.2, 0.25) is 0 Å². The molecular formula is C10H16N+. The van der Waals surface area contributed by atoms with E-state index in [-0.39, 0.29) is 0 Å². The van der Waals surface area contributed by atoms with E-state index < -0.39 is 0 Å². The van der Waals surface area contributed by atoms with Crippen LogP contribution in [0.5, 0.6) is 0 Å². The summed E-state index contributed by atoms with van der Waals surface area (Å²) in [7, 11) is 0. The van der Waals surface area contributed by atoms with Gasteiger partial charge in [0.15, 0.2) is 12.4 Å². The zero-order valence-corrected chi connectivity index (χ0v) is 7.16. The first-order valence-electron chi connectivity index (χ1n) is 3.84. The van der Waals surface area contributed by atoms with Crippen molar-refractivity contribution in [2.24, 2.45) is 0 Å². The molecule has 0 aromatic carbocycles. The summed E-state index contributed by atoms with van der Waals surface area (Å²) >= 11 is 0. The van der Waals surface area contributed by atoms with Crippen LogP contribution in [0.4, 0.5) is 0 Å². The van der Waals surface area contributed by atoms with Gasteiger partial charge in [0, 0.05) is 0 Å². The molecule has 0 fully saturated rings. The minimum Gasteiger partial charge on any atom is -0.206 e. The summed E-state index contributed by atoms with van der Waals surface area (Å²) in [5.41, 5.74) is 0. The van der Waals surface area contributed by atoms with Crippen molar-refractivity contribution in [1.82, 2.24) is 0 Å². The maximum atomic E-state index is 3.67. The first-order valence-corrected chi connectivity index (χ1v) is 3.84. The molecule has 1 heteroatoms. The minimum absolute atomic E-state index is 0.922. The second-order valence-electron chi connectivity index (χ2n) is 2.11. The highest BCUT2D eigenvalue weighted by atomic mass is 14.9. The van der Waals surface area contributed by atoms with Crippen molar-refractivity contribution in [1.29, 1.82) is 0 Å². The maximum absolute atomic E-state index is 3.67. The Kier molecular flexibility index (Phi) is 6.30. The fraction of sp³-hybridized carbons (Fsp3) is 0.300. The van der Waals surface area contributed by atoms with Crippen molar-refractivity contribution in [2.45, 2.75) is 13.3 Å². The average Bonchev–Trinajstić information content (AvgIpc) is 2.05. The average molecular weight is 150 g/mol. The van der Waals surface area contributed by atoms with E-state index in [0.29, 0.717) is 0 Å². The lowest BCUT2D eigenvalue weighted by atomic mass is 10.4. The van der Waals surface area contributed by atoms with Crippen molar-refractivity contribution in [3.63, 3.8) is 0 Å². The van der Waals surface area contributed by atoms with Crippen LogP contribution in [-0.2, 0) is 0 Å². The van der Waals surface area contributed by atoms with Gasteiger partial charge in [0.05, 0.1) is 0 Å². The molecule has 0 amide bonds. The van der Waals surface area contributed by atoms with Crippen LogP contribution in [0.15, 0.2) is 37.6 Å². The number of nitrogens with zero attached hydrogens (tertiary/aromatic N) is 1. The van der Waals surface area contributed by atoms with Crippen LogP contribution in [0.3, 0.4) is 0 Å². The molecule has 0 aliphatic carbocycles. The first kappa shape index (κ1) is 9.89. The van der Waals surface area contributed by atoms with Crippen LogP contribution in [0.1, 0.15) is 13.3 Å². The molecule has 11 heavy (non-hydrogen) atoms.